The van der Waals surface area contributed by atoms with Gasteiger partial charge in [0.2, 0.25) is 11.1 Å². The predicted octanol–water partition coefficient (Wildman–Crippen LogP) is 6.11. The third-order valence-electron chi connectivity index (χ3n) is 10.1. The molecule has 2 amide bonds. The highest BCUT2D eigenvalue weighted by molar-refractivity contribution is 8.01. The number of aromatic hydroxyl groups is 1. The number of tetrazole rings is 1. The van der Waals surface area contributed by atoms with Gasteiger partial charge in [-0.2, -0.15) is 0 Å². The number of phenolic OH excluding ortho intramolecular Hbond substituents is 1. The summed E-state index contributed by atoms with van der Waals surface area (Å²) in [6.07, 6.45) is -1.62. The molecule has 8 rings (SSSR count). The van der Waals surface area contributed by atoms with Gasteiger partial charge in [0.25, 0.3) is 5.91 Å². The van der Waals surface area contributed by atoms with Crippen molar-refractivity contribution in [2.24, 2.45) is 7.05 Å². The van der Waals surface area contributed by atoms with E-state index in [9.17, 15) is 24.3 Å². The molecule has 2 N–H and O–H groups in total. The van der Waals surface area contributed by atoms with Gasteiger partial charge in [0, 0.05) is 18.6 Å². The van der Waals surface area contributed by atoms with E-state index in [-0.39, 0.29) is 22.8 Å². The molecule has 302 valence electrons. The number of fused-ring (bicyclic) bond motifs is 1. The van der Waals surface area contributed by atoms with Crippen LogP contribution in [0.3, 0.4) is 0 Å². The number of carbonyl (C=O) groups excluding carboxylic acids is 4. The third kappa shape index (κ3) is 8.53. The first kappa shape index (κ1) is 40.1. The molecule has 0 aliphatic carbocycles. The number of rotatable bonds is 14. The Morgan fingerprint density at radius 2 is 1.28 bits per heavy atom. The van der Waals surface area contributed by atoms with Gasteiger partial charge in [-0.1, -0.05) is 145 Å². The maximum Gasteiger partial charge on any atom is 0.356 e. The van der Waals surface area contributed by atoms with Gasteiger partial charge in [-0.3, -0.25) is 19.3 Å². The summed E-state index contributed by atoms with van der Waals surface area (Å²) in [5.41, 5.74) is 3.85. The van der Waals surface area contributed by atoms with E-state index in [1.807, 2.05) is 121 Å². The molecule has 60 heavy (non-hydrogen) atoms. The number of amides is 2. The van der Waals surface area contributed by atoms with Crippen molar-refractivity contribution in [1.82, 2.24) is 30.4 Å². The van der Waals surface area contributed by atoms with Crippen molar-refractivity contribution in [3.63, 3.8) is 0 Å². The zero-order valence-electron chi connectivity index (χ0n) is 32.1. The molecular weight excluding hydrogens is 801 g/mol. The van der Waals surface area contributed by atoms with Crippen LogP contribution in [0, 0.1) is 0 Å². The number of benzene rings is 5. The highest BCUT2D eigenvalue weighted by atomic mass is 32.2. The van der Waals surface area contributed by atoms with Gasteiger partial charge >= 0.3 is 11.9 Å². The number of hydrogen-bond acceptors (Lipinski definition) is 12. The van der Waals surface area contributed by atoms with Crippen LogP contribution in [0.2, 0.25) is 0 Å². The topological polar surface area (TPSA) is 166 Å². The second kappa shape index (κ2) is 18.1. The van der Waals surface area contributed by atoms with Gasteiger partial charge in [-0.05, 0) is 55.9 Å². The molecule has 5 aromatic carbocycles. The van der Waals surface area contributed by atoms with Crippen molar-refractivity contribution in [3.05, 3.63) is 185 Å². The number of phenols is 1. The summed E-state index contributed by atoms with van der Waals surface area (Å²) < 4.78 is 14.0. The van der Waals surface area contributed by atoms with Gasteiger partial charge in [-0.15, -0.1) is 16.9 Å². The van der Waals surface area contributed by atoms with Crippen molar-refractivity contribution in [2.75, 3.05) is 11.5 Å². The van der Waals surface area contributed by atoms with Gasteiger partial charge in [-0.25, -0.2) is 9.48 Å². The number of nitrogens with zero attached hydrogens (tertiary/aromatic N) is 5. The number of carbonyl (C=O) groups is 4. The van der Waals surface area contributed by atoms with Crippen molar-refractivity contribution in [3.8, 4) is 5.75 Å². The summed E-state index contributed by atoms with van der Waals surface area (Å²) in [4.78, 5) is 58.8. The summed E-state index contributed by atoms with van der Waals surface area (Å²) >= 11 is 2.69. The SMILES string of the molecule is Cn1nnnc1SCC1=C(C(=O)OC(c2ccccc2)c2ccccc2)N2C(=O)[C@@H](NC(=O)C(C(=O)OC(c3ccccc3)c3ccccc3)c3ccc(O)cc3)[C@H]2SC1. The number of aromatic nitrogens is 4. The Kier molecular flexibility index (Phi) is 12.1. The van der Waals surface area contributed by atoms with Crippen LogP contribution in [0.25, 0.3) is 0 Å². The number of β-lactam (4-membered cyclic amide) rings is 1. The zero-order valence-corrected chi connectivity index (χ0v) is 33.7. The fraction of sp³-hybridized carbons (Fsp3) is 0.178. The highest BCUT2D eigenvalue weighted by Gasteiger charge is 2.55. The first-order chi connectivity index (χ1) is 29.3. The summed E-state index contributed by atoms with van der Waals surface area (Å²) in [6.45, 7) is 0. The first-order valence-electron chi connectivity index (χ1n) is 19.0. The molecule has 1 fully saturated rings. The smallest absolute Gasteiger partial charge is 0.356 e. The Morgan fingerprint density at radius 3 is 1.78 bits per heavy atom. The molecule has 13 nitrogen and oxygen atoms in total. The fourth-order valence-electron chi connectivity index (χ4n) is 7.09. The largest absolute Gasteiger partial charge is 0.508 e. The van der Waals surface area contributed by atoms with Crippen LogP contribution >= 0.6 is 23.5 Å². The van der Waals surface area contributed by atoms with E-state index >= 15 is 0 Å². The normalized spacial score (nSPS) is 16.5. The van der Waals surface area contributed by atoms with E-state index in [0.717, 1.165) is 11.1 Å². The molecule has 15 heteroatoms. The number of aryl methyl sites for hydroxylation is 1. The van der Waals surface area contributed by atoms with Crippen LogP contribution < -0.4 is 5.32 Å². The summed E-state index contributed by atoms with van der Waals surface area (Å²) in [5, 5.41) is 24.4. The van der Waals surface area contributed by atoms with Crippen molar-refractivity contribution in [2.45, 2.75) is 34.7 Å². The van der Waals surface area contributed by atoms with Crippen LogP contribution in [0.5, 0.6) is 5.75 Å². The molecule has 1 aromatic heterocycles. The number of thioether (sulfide) groups is 2. The lowest BCUT2D eigenvalue weighted by atomic mass is 9.95. The van der Waals surface area contributed by atoms with Gasteiger partial charge in [0.05, 0.1) is 0 Å². The summed E-state index contributed by atoms with van der Waals surface area (Å²) in [5.74, 6) is -3.86. The molecule has 0 saturated carbocycles. The Hall–Kier alpha value is -6.71. The zero-order chi connectivity index (χ0) is 41.6. The first-order valence-corrected chi connectivity index (χ1v) is 21.0. The van der Waals surface area contributed by atoms with Crippen LogP contribution in [-0.4, -0.2) is 76.9 Å². The number of esters is 2. The molecule has 0 bridgehead atoms. The van der Waals surface area contributed by atoms with Gasteiger partial charge in [0.1, 0.15) is 22.9 Å². The Bertz CT molecular complexity index is 2430. The fourth-order valence-corrected chi connectivity index (χ4v) is 9.43. The van der Waals surface area contributed by atoms with Gasteiger partial charge < -0.3 is 19.9 Å². The van der Waals surface area contributed by atoms with E-state index < -0.39 is 53.3 Å². The minimum Gasteiger partial charge on any atom is -0.508 e. The standard InChI is InChI=1S/C45H38N6O7S2/c1-50-45(47-48-49-50)60-27-33-26-59-42-36(41(54)51(42)37(33)44(56)58-39(31-18-10-4-11-19-31)32-20-12-5-13-21-32)46-40(53)35(28-22-24-34(52)25-23-28)43(55)57-38(29-14-6-2-7-15-29)30-16-8-3-9-17-30/h2-25,35-36,38-39,42,52H,26-27H2,1H3,(H,46,53)/t35?,36-,42-/m1/s1. The monoisotopic (exact) mass is 838 g/mol. The predicted molar refractivity (Wildman–Crippen MR) is 224 cm³/mol. The Labute approximate surface area is 353 Å². The minimum absolute atomic E-state index is 0.0569. The maximum atomic E-state index is 14.5. The number of nitrogens with one attached hydrogen (secondary N) is 1. The molecule has 1 unspecified atom stereocenters. The summed E-state index contributed by atoms with van der Waals surface area (Å²) in [7, 11) is 1.71. The maximum absolute atomic E-state index is 14.5. The number of ether oxygens (including phenoxy) is 2. The molecule has 2 aliphatic rings. The summed E-state index contributed by atoms with van der Waals surface area (Å²) in [6, 6.07) is 41.6. The Balaban J connectivity index is 1.07. The Morgan fingerprint density at radius 1 is 0.767 bits per heavy atom. The average Bonchev–Trinajstić information content (AvgIpc) is 3.71. The minimum atomic E-state index is -1.51. The van der Waals surface area contributed by atoms with Gasteiger partial charge in [0.15, 0.2) is 18.1 Å². The molecule has 6 aromatic rings. The van der Waals surface area contributed by atoms with E-state index in [4.69, 9.17) is 9.47 Å². The van der Waals surface area contributed by atoms with Crippen LogP contribution in [0.1, 0.15) is 45.9 Å². The lowest BCUT2D eigenvalue weighted by molar-refractivity contribution is -0.156. The van der Waals surface area contributed by atoms with Crippen molar-refractivity contribution < 1.29 is 33.8 Å². The van der Waals surface area contributed by atoms with E-state index in [2.05, 4.69) is 20.8 Å². The lowest BCUT2D eigenvalue weighted by Crippen LogP contribution is -2.71. The van der Waals surface area contributed by atoms with Crippen LogP contribution in [0.15, 0.2) is 162 Å². The van der Waals surface area contributed by atoms with E-state index in [1.165, 1.54) is 57.4 Å². The van der Waals surface area contributed by atoms with E-state index in [0.29, 0.717) is 27.6 Å². The second-order valence-electron chi connectivity index (χ2n) is 14.0. The van der Waals surface area contributed by atoms with Crippen molar-refractivity contribution in [1.29, 1.82) is 0 Å². The second-order valence-corrected chi connectivity index (χ2v) is 16.0. The molecule has 1 saturated heterocycles. The molecule has 3 heterocycles. The molecule has 0 spiro atoms. The highest BCUT2D eigenvalue weighted by Crippen LogP contribution is 2.43. The lowest BCUT2D eigenvalue weighted by Gasteiger charge is -2.50. The number of hydrogen-bond donors (Lipinski definition) is 2. The van der Waals surface area contributed by atoms with E-state index in [1.54, 1.807) is 7.05 Å². The third-order valence-corrected chi connectivity index (χ3v) is 12.5. The molecule has 3 atom stereocenters. The molecule has 0 radical (unpaired) electrons. The van der Waals surface area contributed by atoms with Crippen molar-refractivity contribution >= 4 is 47.3 Å². The van der Waals surface area contributed by atoms with Crippen LogP contribution in [0.4, 0.5) is 0 Å². The molecular formula is C45H38N6O7S2. The average molecular weight is 839 g/mol. The quantitative estimate of drug-likeness (QED) is 0.0561. The van der Waals surface area contributed by atoms with Crippen LogP contribution in [-0.2, 0) is 35.7 Å². The molecule has 2 aliphatic heterocycles.